The number of ether oxygens (including phenoxy) is 2. The molecule has 0 aliphatic rings. The Morgan fingerprint density at radius 2 is 1.52 bits per heavy atom. The third-order valence-corrected chi connectivity index (χ3v) is 6.71. The Balaban J connectivity index is 1.50. The van der Waals surface area contributed by atoms with Gasteiger partial charge in [-0.25, -0.2) is 10.2 Å². The molecular formula is C34H31BrN4O5. The third-order valence-electron chi connectivity index (χ3n) is 6.18. The van der Waals surface area contributed by atoms with Crippen molar-refractivity contribution in [2.24, 2.45) is 5.10 Å². The fourth-order valence-electron chi connectivity index (χ4n) is 3.91. The molecule has 0 heterocycles. The van der Waals surface area contributed by atoms with Crippen LogP contribution in [0.4, 0.5) is 5.69 Å². The first kappa shape index (κ1) is 31.7. The molecule has 0 saturated heterocycles. The van der Waals surface area contributed by atoms with E-state index in [1.165, 1.54) is 6.21 Å². The summed E-state index contributed by atoms with van der Waals surface area (Å²) in [5, 5.41) is 6.77. The first-order valence-corrected chi connectivity index (χ1v) is 14.5. The van der Waals surface area contributed by atoms with Gasteiger partial charge in [-0.1, -0.05) is 46.3 Å². The number of hydrogen-bond acceptors (Lipinski definition) is 7. The number of esters is 1. The smallest absolute Gasteiger partial charge is 0.343 e. The van der Waals surface area contributed by atoms with Crippen molar-refractivity contribution < 1.29 is 23.9 Å². The molecule has 4 aromatic carbocycles. The number of anilines is 1. The number of halogens is 1. The van der Waals surface area contributed by atoms with Gasteiger partial charge in [-0.15, -0.1) is 0 Å². The fourth-order valence-corrected chi connectivity index (χ4v) is 4.17. The molecule has 4 rings (SSSR count). The molecule has 0 fully saturated rings. The SMILES string of the molecule is CCOc1cc(/C=N/NC(=O)/C(=C/c2ccc(N(C)C)cc2)NC(=O)c2ccccc2)ccc1OC(=O)c1ccc(Br)cc1. The maximum absolute atomic E-state index is 13.2. The predicted molar refractivity (Wildman–Crippen MR) is 175 cm³/mol. The summed E-state index contributed by atoms with van der Waals surface area (Å²) in [6.07, 6.45) is 3.00. The number of rotatable bonds is 11. The summed E-state index contributed by atoms with van der Waals surface area (Å²) in [6.45, 7) is 2.15. The molecule has 44 heavy (non-hydrogen) atoms. The Bertz CT molecular complexity index is 1670. The van der Waals surface area contributed by atoms with Crippen LogP contribution in [0.3, 0.4) is 0 Å². The van der Waals surface area contributed by atoms with Crippen LogP contribution < -0.4 is 25.1 Å². The number of hydrazone groups is 1. The number of amides is 2. The first-order chi connectivity index (χ1) is 21.2. The molecule has 0 atom stereocenters. The van der Waals surface area contributed by atoms with Crippen molar-refractivity contribution in [1.82, 2.24) is 10.7 Å². The third kappa shape index (κ3) is 8.89. The topological polar surface area (TPSA) is 109 Å². The van der Waals surface area contributed by atoms with E-state index in [1.807, 2.05) is 50.2 Å². The second kappa shape index (κ2) is 15.3. The highest BCUT2D eigenvalue weighted by Crippen LogP contribution is 2.29. The van der Waals surface area contributed by atoms with Crippen molar-refractivity contribution in [2.75, 3.05) is 25.6 Å². The molecule has 2 amide bonds. The van der Waals surface area contributed by atoms with Crippen LogP contribution in [0.15, 0.2) is 112 Å². The summed E-state index contributed by atoms with van der Waals surface area (Å²) in [6, 6.07) is 27.8. The Hall–Kier alpha value is -5.22. The van der Waals surface area contributed by atoms with Crippen LogP contribution in [0.2, 0.25) is 0 Å². The van der Waals surface area contributed by atoms with Crippen LogP contribution in [-0.4, -0.2) is 44.7 Å². The van der Waals surface area contributed by atoms with Gasteiger partial charge in [0.05, 0.1) is 18.4 Å². The molecule has 224 valence electrons. The van der Waals surface area contributed by atoms with Crippen molar-refractivity contribution in [3.63, 3.8) is 0 Å². The van der Waals surface area contributed by atoms with Gasteiger partial charge in [-0.05, 0) is 90.9 Å². The van der Waals surface area contributed by atoms with E-state index in [-0.39, 0.29) is 11.4 Å². The van der Waals surface area contributed by atoms with E-state index in [0.29, 0.717) is 34.6 Å². The minimum absolute atomic E-state index is 0.0128. The number of carbonyl (C=O) groups is 3. The van der Waals surface area contributed by atoms with E-state index in [9.17, 15) is 14.4 Å². The molecule has 10 heteroatoms. The Morgan fingerprint density at radius 3 is 2.18 bits per heavy atom. The van der Waals surface area contributed by atoms with Crippen LogP contribution in [0.5, 0.6) is 11.5 Å². The Kier molecular flexibility index (Phi) is 11.0. The quantitative estimate of drug-likeness (QED) is 0.0670. The van der Waals surface area contributed by atoms with E-state index in [2.05, 4.69) is 31.8 Å². The van der Waals surface area contributed by atoms with Crippen LogP contribution in [0.1, 0.15) is 38.8 Å². The van der Waals surface area contributed by atoms with Gasteiger partial charge in [0, 0.05) is 29.8 Å². The molecule has 9 nitrogen and oxygen atoms in total. The molecule has 2 N–H and O–H groups in total. The van der Waals surface area contributed by atoms with Crippen molar-refractivity contribution >= 4 is 51.7 Å². The zero-order valence-corrected chi connectivity index (χ0v) is 26.0. The molecule has 0 radical (unpaired) electrons. The van der Waals surface area contributed by atoms with E-state index in [4.69, 9.17) is 9.47 Å². The predicted octanol–water partition coefficient (Wildman–Crippen LogP) is 6.05. The molecule has 0 aliphatic heterocycles. The van der Waals surface area contributed by atoms with Gasteiger partial charge in [0.1, 0.15) is 5.70 Å². The second-order valence-electron chi connectivity index (χ2n) is 9.60. The lowest BCUT2D eigenvalue weighted by atomic mass is 10.1. The summed E-state index contributed by atoms with van der Waals surface area (Å²) in [5.74, 6) is -0.997. The van der Waals surface area contributed by atoms with Gasteiger partial charge >= 0.3 is 5.97 Å². The highest BCUT2D eigenvalue weighted by Gasteiger charge is 2.16. The summed E-state index contributed by atoms with van der Waals surface area (Å²) in [7, 11) is 3.87. The van der Waals surface area contributed by atoms with Gasteiger partial charge in [0.25, 0.3) is 11.8 Å². The van der Waals surface area contributed by atoms with Gasteiger partial charge < -0.3 is 19.7 Å². The molecule has 4 aromatic rings. The summed E-state index contributed by atoms with van der Waals surface area (Å²) >= 11 is 3.35. The summed E-state index contributed by atoms with van der Waals surface area (Å²) in [5.41, 5.74) is 5.57. The molecule has 0 saturated carbocycles. The zero-order chi connectivity index (χ0) is 31.5. The second-order valence-corrected chi connectivity index (χ2v) is 10.5. The van der Waals surface area contributed by atoms with Gasteiger partial charge in [-0.2, -0.15) is 5.10 Å². The number of hydrogen-bond donors (Lipinski definition) is 2. The normalized spacial score (nSPS) is 11.1. The Morgan fingerprint density at radius 1 is 0.841 bits per heavy atom. The van der Waals surface area contributed by atoms with Gasteiger partial charge in [-0.3, -0.25) is 9.59 Å². The van der Waals surface area contributed by atoms with Gasteiger partial charge in [0.2, 0.25) is 0 Å². The first-order valence-electron chi connectivity index (χ1n) is 13.7. The molecule has 0 aromatic heterocycles. The highest BCUT2D eigenvalue weighted by molar-refractivity contribution is 9.10. The molecule has 0 unspecified atom stereocenters. The van der Waals surface area contributed by atoms with E-state index in [0.717, 1.165) is 10.2 Å². The Labute approximate surface area is 264 Å². The number of nitrogens with one attached hydrogen (secondary N) is 2. The maximum Gasteiger partial charge on any atom is 0.343 e. The minimum atomic E-state index is -0.618. The fraction of sp³-hybridized carbons (Fsp3) is 0.118. The lowest BCUT2D eigenvalue weighted by molar-refractivity contribution is -0.117. The molecule has 0 bridgehead atoms. The van der Waals surface area contributed by atoms with Crippen LogP contribution in [0.25, 0.3) is 6.08 Å². The van der Waals surface area contributed by atoms with Gasteiger partial charge in [0.15, 0.2) is 11.5 Å². The average molecular weight is 656 g/mol. The van der Waals surface area contributed by atoms with E-state index in [1.54, 1.807) is 78.9 Å². The minimum Gasteiger partial charge on any atom is -0.490 e. The van der Waals surface area contributed by atoms with Crippen LogP contribution >= 0.6 is 15.9 Å². The van der Waals surface area contributed by atoms with Crippen molar-refractivity contribution in [1.29, 1.82) is 0 Å². The number of benzene rings is 4. The van der Waals surface area contributed by atoms with Crippen LogP contribution in [0, 0.1) is 0 Å². The van der Waals surface area contributed by atoms with E-state index < -0.39 is 17.8 Å². The van der Waals surface area contributed by atoms with E-state index >= 15 is 0 Å². The maximum atomic E-state index is 13.2. The average Bonchev–Trinajstić information content (AvgIpc) is 3.03. The number of carbonyl (C=O) groups excluding carboxylic acids is 3. The highest BCUT2D eigenvalue weighted by atomic mass is 79.9. The molecular weight excluding hydrogens is 624 g/mol. The van der Waals surface area contributed by atoms with Crippen LogP contribution in [-0.2, 0) is 4.79 Å². The van der Waals surface area contributed by atoms with Crippen molar-refractivity contribution in [2.45, 2.75) is 6.92 Å². The lowest BCUT2D eigenvalue weighted by Crippen LogP contribution is -2.32. The summed E-state index contributed by atoms with van der Waals surface area (Å²) in [4.78, 5) is 40.6. The zero-order valence-electron chi connectivity index (χ0n) is 24.4. The standard InChI is InChI=1S/C34H31BrN4O5/c1-4-43-31-21-24(12-19-30(31)44-34(42)26-13-15-27(35)16-14-26)22-36-38-33(41)29(37-32(40)25-8-6-5-7-9-25)20-23-10-17-28(18-11-23)39(2)3/h5-22H,4H2,1-3H3,(H,37,40)(H,38,41)/b29-20-,36-22+. The van der Waals surface area contributed by atoms with Crippen molar-refractivity contribution in [3.05, 3.63) is 129 Å². The lowest BCUT2D eigenvalue weighted by Gasteiger charge is -2.13. The molecule has 0 aliphatic carbocycles. The largest absolute Gasteiger partial charge is 0.490 e. The van der Waals surface area contributed by atoms with Crippen molar-refractivity contribution in [3.8, 4) is 11.5 Å². The monoisotopic (exact) mass is 654 g/mol. The molecule has 0 spiro atoms. The summed E-state index contributed by atoms with van der Waals surface area (Å²) < 4.78 is 12.1. The number of nitrogens with zero attached hydrogens (tertiary/aromatic N) is 2.